The number of aliphatic hydroxyl groups is 1. The van der Waals surface area contributed by atoms with Gasteiger partial charge >= 0.3 is 5.97 Å². The Morgan fingerprint density at radius 3 is 2.59 bits per heavy atom. The number of phenolic OH excluding ortho intramolecular Hbond substituents is 1. The summed E-state index contributed by atoms with van der Waals surface area (Å²) in [6, 6.07) is 10.1. The van der Waals surface area contributed by atoms with Crippen molar-refractivity contribution >= 4 is 17.6 Å². The Morgan fingerprint density at radius 2 is 1.94 bits per heavy atom. The van der Waals surface area contributed by atoms with E-state index >= 15 is 0 Å². The first-order chi connectivity index (χ1) is 14.6. The number of aromatic hydroxyl groups is 1. The number of ether oxygens (including phenoxy) is 2. The number of carboxylic acids is 1. The number of carboxylic acid groups (broad SMARTS) is 1. The lowest BCUT2D eigenvalue weighted by molar-refractivity contribution is -0.139. The van der Waals surface area contributed by atoms with Crippen molar-refractivity contribution in [1.29, 1.82) is 0 Å². The van der Waals surface area contributed by atoms with E-state index in [0.717, 1.165) is 12.0 Å². The minimum absolute atomic E-state index is 0. The third-order valence-electron chi connectivity index (χ3n) is 5.15. The van der Waals surface area contributed by atoms with Crippen molar-refractivity contribution in [2.75, 3.05) is 18.5 Å². The molecule has 1 aliphatic heterocycles. The zero-order chi connectivity index (χ0) is 22.6. The Hall–Kier alpha value is -3.26. The molecule has 1 atom stereocenters. The van der Waals surface area contributed by atoms with E-state index in [1.807, 2.05) is 12.1 Å². The number of hydrogen-bond acceptors (Lipinski definition) is 6. The van der Waals surface area contributed by atoms with Crippen LogP contribution in [0.15, 0.2) is 36.4 Å². The highest BCUT2D eigenvalue weighted by atomic mass is 16.5. The van der Waals surface area contributed by atoms with Crippen LogP contribution < -0.4 is 14.8 Å². The third-order valence-corrected chi connectivity index (χ3v) is 5.15. The molecule has 0 spiro atoms. The summed E-state index contributed by atoms with van der Waals surface area (Å²) < 4.78 is 10.6. The first-order valence-electron chi connectivity index (χ1n) is 10.0. The summed E-state index contributed by atoms with van der Waals surface area (Å²) in [6.45, 7) is 3.69. The predicted octanol–water partition coefficient (Wildman–Crippen LogP) is 3.91. The first kappa shape index (κ1) is 25.0. The molecule has 0 saturated heterocycles. The molecule has 32 heavy (non-hydrogen) atoms. The summed E-state index contributed by atoms with van der Waals surface area (Å²) in [4.78, 5) is 22.1. The molecule has 4 N–H and O–H groups in total. The average Bonchev–Trinajstić information content (AvgIpc) is 2.70. The molecular formula is C24H31NO7. The van der Waals surface area contributed by atoms with Crippen molar-refractivity contribution in [3.8, 4) is 17.2 Å². The fourth-order valence-corrected chi connectivity index (χ4v) is 3.63. The van der Waals surface area contributed by atoms with Gasteiger partial charge in [0.15, 0.2) is 13.2 Å². The van der Waals surface area contributed by atoms with E-state index in [-0.39, 0.29) is 37.7 Å². The van der Waals surface area contributed by atoms with E-state index in [1.165, 1.54) is 12.1 Å². The number of amides is 1. The van der Waals surface area contributed by atoms with Crippen molar-refractivity contribution in [1.82, 2.24) is 0 Å². The molecule has 2 aromatic carbocycles. The molecule has 0 saturated carbocycles. The van der Waals surface area contributed by atoms with E-state index < -0.39 is 12.1 Å². The second kappa shape index (κ2) is 10.4. The molecule has 8 heteroatoms. The molecule has 0 aliphatic carbocycles. The fraction of sp³-hybridized carbons (Fsp3) is 0.417. The maximum atomic E-state index is 11.5. The minimum atomic E-state index is -1.02. The molecule has 0 bridgehead atoms. The van der Waals surface area contributed by atoms with E-state index in [0.29, 0.717) is 35.6 Å². The molecule has 1 heterocycles. The number of rotatable bonds is 9. The summed E-state index contributed by atoms with van der Waals surface area (Å²) in [5, 5.41) is 32.0. The lowest BCUT2D eigenvalue weighted by atomic mass is 9.80. The zero-order valence-corrected chi connectivity index (χ0v) is 17.6. The van der Waals surface area contributed by atoms with Gasteiger partial charge in [0.05, 0.1) is 11.8 Å². The van der Waals surface area contributed by atoms with E-state index in [2.05, 4.69) is 19.2 Å². The van der Waals surface area contributed by atoms with Crippen molar-refractivity contribution in [2.24, 2.45) is 5.41 Å². The maximum absolute atomic E-state index is 11.5. The van der Waals surface area contributed by atoms with E-state index in [1.54, 1.807) is 12.1 Å². The lowest BCUT2D eigenvalue weighted by Gasteiger charge is -2.28. The summed E-state index contributed by atoms with van der Waals surface area (Å²) >= 11 is 0. The predicted molar refractivity (Wildman–Crippen MR) is 120 cm³/mol. The Bertz CT molecular complexity index is 954. The number of anilines is 1. The SMILES string of the molecule is C.CC(C)(CCC(O)c1cc(O)cc2c1OCC(=O)N2)Cc1ccc(OCC(=O)O)cc1. The lowest BCUT2D eigenvalue weighted by Crippen LogP contribution is -2.26. The number of phenols is 1. The van der Waals surface area contributed by atoms with Crippen LogP contribution in [-0.2, 0) is 16.0 Å². The van der Waals surface area contributed by atoms with Crippen molar-refractivity contribution in [3.63, 3.8) is 0 Å². The fourth-order valence-electron chi connectivity index (χ4n) is 3.63. The maximum Gasteiger partial charge on any atom is 0.341 e. The van der Waals surface area contributed by atoms with Gasteiger partial charge in [0.1, 0.15) is 17.2 Å². The van der Waals surface area contributed by atoms with Gasteiger partial charge in [-0.25, -0.2) is 4.79 Å². The molecule has 0 fully saturated rings. The van der Waals surface area contributed by atoms with Gasteiger partial charge in [0, 0.05) is 11.6 Å². The largest absolute Gasteiger partial charge is 0.508 e. The quantitative estimate of drug-likeness (QED) is 0.461. The highest BCUT2D eigenvalue weighted by molar-refractivity contribution is 5.96. The second-order valence-electron chi connectivity index (χ2n) is 8.47. The number of benzene rings is 2. The normalized spacial score (nSPS) is 13.8. The van der Waals surface area contributed by atoms with Gasteiger partial charge < -0.3 is 30.1 Å². The molecule has 174 valence electrons. The molecular weight excluding hydrogens is 414 g/mol. The molecule has 1 unspecified atom stereocenters. The molecule has 2 aromatic rings. The minimum Gasteiger partial charge on any atom is -0.508 e. The summed E-state index contributed by atoms with van der Waals surface area (Å²) in [5.41, 5.74) is 1.75. The standard InChI is InChI=1S/C23H27NO7.CH4/c1-23(2,11-14-3-5-16(6-4-14)30-13-21(28)29)8-7-19(26)17-9-15(25)10-18-22(17)31-12-20(27)24-18;/h3-6,9-10,19,25-26H,7-8,11-13H2,1-2H3,(H,24,27)(H,28,29);1H4. The van der Waals surface area contributed by atoms with Crippen LogP contribution in [0.2, 0.25) is 0 Å². The topological polar surface area (TPSA) is 125 Å². The van der Waals surface area contributed by atoms with Gasteiger partial charge in [-0.3, -0.25) is 4.79 Å². The highest BCUT2D eigenvalue weighted by Gasteiger charge is 2.26. The first-order valence-corrected chi connectivity index (χ1v) is 10.0. The number of hydrogen-bond donors (Lipinski definition) is 4. The number of aliphatic carboxylic acids is 1. The number of carbonyl (C=O) groups is 2. The van der Waals surface area contributed by atoms with Crippen LogP contribution >= 0.6 is 0 Å². The molecule has 0 aromatic heterocycles. The van der Waals surface area contributed by atoms with Crippen LogP contribution in [0.1, 0.15) is 51.3 Å². The number of fused-ring (bicyclic) bond motifs is 1. The summed E-state index contributed by atoms with van der Waals surface area (Å²) in [7, 11) is 0. The second-order valence-corrected chi connectivity index (χ2v) is 8.47. The number of carbonyl (C=O) groups excluding carboxylic acids is 1. The Kier molecular flexibility index (Phi) is 8.10. The van der Waals surface area contributed by atoms with Crippen molar-refractivity contribution < 1.29 is 34.4 Å². The zero-order valence-electron chi connectivity index (χ0n) is 17.6. The third kappa shape index (κ3) is 6.62. The van der Waals surface area contributed by atoms with Gasteiger partial charge in [0.25, 0.3) is 5.91 Å². The van der Waals surface area contributed by atoms with Crippen LogP contribution in [0.3, 0.4) is 0 Å². The van der Waals surface area contributed by atoms with Gasteiger partial charge in [0.2, 0.25) is 0 Å². The van der Waals surface area contributed by atoms with Gasteiger partial charge in [-0.05, 0) is 48.4 Å². The molecule has 0 radical (unpaired) electrons. The summed E-state index contributed by atoms with van der Waals surface area (Å²) in [5.74, 6) is -0.494. The van der Waals surface area contributed by atoms with Gasteiger partial charge in [-0.2, -0.15) is 0 Å². The number of nitrogens with one attached hydrogen (secondary N) is 1. The Labute approximate surface area is 187 Å². The molecule has 3 rings (SSSR count). The smallest absolute Gasteiger partial charge is 0.341 e. The van der Waals surface area contributed by atoms with Crippen molar-refractivity contribution in [3.05, 3.63) is 47.5 Å². The van der Waals surface area contributed by atoms with Crippen LogP contribution in [0.5, 0.6) is 17.2 Å². The summed E-state index contributed by atoms with van der Waals surface area (Å²) in [6.07, 6.45) is 1.04. The number of aliphatic hydroxyl groups excluding tert-OH is 1. The highest BCUT2D eigenvalue weighted by Crippen LogP contribution is 2.41. The molecule has 8 nitrogen and oxygen atoms in total. The molecule has 1 amide bonds. The molecule has 1 aliphatic rings. The van der Waals surface area contributed by atoms with Crippen LogP contribution in [0, 0.1) is 5.41 Å². The van der Waals surface area contributed by atoms with Crippen molar-refractivity contribution in [2.45, 2.75) is 46.6 Å². The van der Waals surface area contributed by atoms with E-state index in [9.17, 15) is 19.8 Å². The van der Waals surface area contributed by atoms with E-state index in [4.69, 9.17) is 14.6 Å². The van der Waals surface area contributed by atoms with Gasteiger partial charge in [-0.1, -0.05) is 33.4 Å². The van der Waals surface area contributed by atoms with Crippen LogP contribution in [-0.4, -0.2) is 40.4 Å². The van der Waals surface area contributed by atoms with Crippen LogP contribution in [0.4, 0.5) is 5.69 Å². The van der Waals surface area contributed by atoms with Gasteiger partial charge in [-0.15, -0.1) is 0 Å². The monoisotopic (exact) mass is 445 g/mol. The Morgan fingerprint density at radius 1 is 1.25 bits per heavy atom. The Balaban J connectivity index is 0.00000363. The van der Waals surface area contributed by atoms with Crippen LogP contribution in [0.25, 0.3) is 0 Å². The average molecular weight is 446 g/mol.